The van der Waals surface area contributed by atoms with Gasteiger partial charge in [0.1, 0.15) is 5.76 Å². The lowest BCUT2D eigenvalue weighted by Crippen LogP contribution is -2.40. The molecule has 24 heavy (non-hydrogen) atoms. The van der Waals surface area contributed by atoms with Gasteiger partial charge in [-0.15, -0.1) is 0 Å². The second kappa shape index (κ2) is 7.55. The van der Waals surface area contributed by atoms with Gasteiger partial charge in [0.15, 0.2) is 11.6 Å². The van der Waals surface area contributed by atoms with Crippen LogP contribution in [-0.4, -0.2) is 25.1 Å². The van der Waals surface area contributed by atoms with Gasteiger partial charge in [-0.1, -0.05) is 6.07 Å². The highest BCUT2D eigenvalue weighted by molar-refractivity contribution is 5.77. The number of nitrogens with one attached hydrogen (secondary N) is 2. The molecule has 128 valence electrons. The van der Waals surface area contributed by atoms with Crippen molar-refractivity contribution in [3.8, 4) is 0 Å². The molecule has 0 unspecified atom stereocenters. The number of carbonyl (C=O) groups excluding carboxylic acids is 1. The zero-order valence-corrected chi connectivity index (χ0v) is 12.9. The normalized spacial score (nSPS) is 20.2. The number of hydrogen-bond donors (Lipinski definition) is 2. The maximum absolute atomic E-state index is 13.4. The average molecular weight is 336 g/mol. The van der Waals surface area contributed by atoms with Gasteiger partial charge in [-0.05, 0) is 36.2 Å². The summed E-state index contributed by atoms with van der Waals surface area (Å²) in [6.07, 6.45) is 1.83. The molecule has 1 amide bonds. The first-order chi connectivity index (χ1) is 11.6. The van der Waals surface area contributed by atoms with Gasteiger partial charge in [-0.3, -0.25) is 4.79 Å². The molecule has 0 spiro atoms. The summed E-state index contributed by atoms with van der Waals surface area (Å²) in [4.78, 5) is 11.9. The van der Waals surface area contributed by atoms with E-state index in [1.54, 1.807) is 18.4 Å². The molecule has 2 heterocycles. The lowest BCUT2D eigenvalue weighted by atomic mass is 10.0. The summed E-state index contributed by atoms with van der Waals surface area (Å²) in [6.45, 7) is 0.922. The van der Waals surface area contributed by atoms with Crippen LogP contribution in [0.2, 0.25) is 0 Å². The summed E-state index contributed by atoms with van der Waals surface area (Å²) in [6, 6.07) is 7.11. The van der Waals surface area contributed by atoms with Crippen molar-refractivity contribution < 1.29 is 22.7 Å². The molecule has 1 aromatic heterocycles. The van der Waals surface area contributed by atoms with Crippen LogP contribution in [-0.2, 0) is 16.1 Å². The van der Waals surface area contributed by atoms with E-state index in [9.17, 15) is 13.6 Å². The number of ether oxygens (including phenoxy) is 1. The predicted molar refractivity (Wildman–Crippen MR) is 82.0 cm³/mol. The zero-order valence-electron chi connectivity index (χ0n) is 12.9. The van der Waals surface area contributed by atoms with Crippen LogP contribution in [0.4, 0.5) is 8.78 Å². The van der Waals surface area contributed by atoms with Crippen LogP contribution in [0.1, 0.15) is 23.8 Å². The maximum Gasteiger partial charge on any atom is 0.234 e. The molecule has 3 rings (SSSR count). The molecule has 1 aliphatic heterocycles. The van der Waals surface area contributed by atoms with Crippen molar-refractivity contribution in [2.75, 3.05) is 13.2 Å². The van der Waals surface area contributed by atoms with Gasteiger partial charge in [0.05, 0.1) is 25.5 Å². The van der Waals surface area contributed by atoms with Crippen molar-refractivity contribution >= 4 is 5.91 Å². The Kier molecular flexibility index (Phi) is 5.22. The van der Waals surface area contributed by atoms with Crippen molar-refractivity contribution in [2.24, 2.45) is 0 Å². The highest BCUT2D eigenvalue weighted by Gasteiger charge is 2.30. The molecule has 0 saturated carbocycles. The lowest BCUT2D eigenvalue weighted by molar-refractivity contribution is -0.120. The Labute approximate surface area is 138 Å². The van der Waals surface area contributed by atoms with Gasteiger partial charge in [-0.2, -0.15) is 0 Å². The number of hydrogen-bond acceptors (Lipinski definition) is 4. The fraction of sp³-hybridized carbons (Fsp3) is 0.353. The van der Waals surface area contributed by atoms with Crippen molar-refractivity contribution in [3.63, 3.8) is 0 Å². The number of carbonyl (C=O) groups is 1. The largest absolute Gasteiger partial charge is 0.467 e. The Morgan fingerprint density at radius 1 is 1.25 bits per heavy atom. The molecular formula is C17H18F2N2O3. The van der Waals surface area contributed by atoms with E-state index >= 15 is 0 Å². The second-order valence-electron chi connectivity index (χ2n) is 5.60. The molecule has 1 aromatic carbocycles. The van der Waals surface area contributed by atoms with E-state index in [0.29, 0.717) is 30.9 Å². The molecule has 1 aliphatic rings. The molecule has 2 aromatic rings. The first-order valence-corrected chi connectivity index (χ1v) is 7.72. The third kappa shape index (κ3) is 3.98. The summed E-state index contributed by atoms with van der Waals surface area (Å²) >= 11 is 0. The summed E-state index contributed by atoms with van der Waals surface area (Å²) < 4.78 is 37.2. The number of rotatable bonds is 6. The smallest absolute Gasteiger partial charge is 0.234 e. The van der Waals surface area contributed by atoms with Crippen LogP contribution in [0.15, 0.2) is 41.0 Å². The molecule has 2 N–H and O–H groups in total. The second-order valence-corrected chi connectivity index (χ2v) is 5.60. The summed E-state index contributed by atoms with van der Waals surface area (Å²) in [5.41, 5.74) is 0.555. The minimum atomic E-state index is -0.905. The van der Waals surface area contributed by atoms with E-state index in [2.05, 4.69) is 10.6 Å². The Morgan fingerprint density at radius 3 is 2.88 bits per heavy atom. The lowest BCUT2D eigenvalue weighted by Gasteiger charge is -2.20. The summed E-state index contributed by atoms with van der Waals surface area (Å²) in [5.74, 6) is -1.30. The maximum atomic E-state index is 13.4. The van der Waals surface area contributed by atoms with Gasteiger partial charge in [0.2, 0.25) is 5.91 Å². The molecule has 0 radical (unpaired) electrons. The van der Waals surface area contributed by atoms with E-state index in [0.717, 1.165) is 12.1 Å². The number of halogens is 2. The van der Waals surface area contributed by atoms with Crippen LogP contribution >= 0.6 is 0 Å². The van der Waals surface area contributed by atoms with Crippen LogP contribution in [0.25, 0.3) is 0 Å². The molecular weight excluding hydrogens is 318 g/mol. The minimum Gasteiger partial charge on any atom is -0.467 e. The molecule has 7 heteroatoms. The predicted octanol–water partition coefficient (Wildman–Crippen LogP) is 2.29. The van der Waals surface area contributed by atoms with E-state index in [-0.39, 0.29) is 18.5 Å². The van der Waals surface area contributed by atoms with Crippen LogP contribution < -0.4 is 10.6 Å². The minimum absolute atomic E-state index is 0.106. The Hall–Kier alpha value is -2.25. The molecule has 1 saturated heterocycles. The van der Waals surface area contributed by atoms with Crippen LogP contribution in [0, 0.1) is 11.6 Å². The number of benzene rings is 1. The standard InChI is InChI=1S/C17H18F2N2O3/c18-13-4-3-11(8-14(13)19)17-15(5-7-24-17)20-10-16(22)21-9-12-2-1-6-23-12/h1-4,6,8,15,17,20H,5,7,9-10H2,(H,21,22)/t15-,17+/m1/s1. The Morgan fingerprint density at radius 2 is 2.12 bits per heavy atom. The van der Waals surface area contributed by atoms with Crippen LogP contribution in [0.3, 0.4) is 0 Å². The van der Waals surface area contributed by atoms with Gasteiger partial charge in [0, 0.05) is 12.6 Å². The molecule has 2 atom stereocenters. The Bertz CT molecular complexity index is 691. The van der Waals surface area contributed by atoms with E-state index in [1.165, 1.54) is 6.07 Å². The van der Waals surface area contributed by atoms with Gasteiger partial charge >= 0.3 is 0 Å². The highest BCUT2D eigenvalue weighted by atomic mass is 19.2. The quantitative estimate of drug-likeness (QED) is 0.850. The number of furan rings is 1. The first-order valence-electron chi connectivity index (χ1n) is 7.72. The molecule has 1 fully saturated rings. The van der Waals surface area contributed by atoms with Crippen molar-refractivity contribution in [2.45, 2.75) is 25.1 Å². The van der Waals surface area contributed by atoms with Gasteiger partial charge < -0.3 is 19.8 Å². The van der Waals surface area contributed by atoms with E-state index in [1.807, 2.05) is 0 Å². The van der Waals surface area contributed by atoms with Gasteiger partial charge in [-0.25, -0.2) is 8.78 Å². The zero-order chi connectivity index (χ0) is 16.9. The third-order valence-corrected chi connectivity index (χ3v) is 3.93. The molecule has 0 bridgehead atoms. The SMILES string of the molecule is O=C(CN[C@@H]1CCO[C@H]1c1ccc(F)c(F)c1)NCc1ccco1. The van der Waals surface area contributed by atoms with Gasteiger partial charge in [0.25, 0.3) is 0 Å². The van der Waals surface area contributed by atoms with Crippen molar-refractivity contribution in [3.05, 3.63) is 59.6 Å². The van der Waals surface area contributed by atoms with E-state index < -0.39 is 17.7 Å². The van der Waals surface area contributed by atoms with Crippen molar-refractivity contribution in [1.29, 1.82) is 0 Å². The third-order valence-electron chi connectivity index (χ3n) is 3.93. The molecule has 0 aliphatic carbocycles. The topological polar surface area (TPSA) is 63.5 Å². The monoisotopic (exact) mass is 336 g/mol. The molecule has 5 nitrogen and oxygen atoms in total. The fourth-order valence-corrected chi connectivity index (χ4v) is 2.70. The first kappa shape index (κ1) is 16.6. The fourth-order valence-electron chi connectivity index (χ4n) is 2.70. The number of amides is 1. The highest BCUT2D eigenvalue weighted by Crippen LogP contribution is 2.29. The average Bonchev–Trinajstić information content (AvgIpc) is 3.25. The summed E-state index contributed by atoms with van der Waals surface area (Å²) in [7, 11) is 0. The van der Waals surface area contributed by atoms with Crippen LogP contribution in [0.5, 0.6) is 0 Å². The Balaban J connectivity index is 1.52. The summed E-state index contributed by atoms with van der Waals surface area (Å²) in [5, 5.41) is 5.84. The van der Waals surface area contributed by atoms with E-state index in [4.69, 9.17) is 9.15 Å². The van der Waals surface area contributed by atoms with Crippen molar-refractivity contribution in [1.82, 2.24) is 10.6 Å².